The normalized spacial score (nSPS) is 11.4. The van der Waals surface area contributed by atoms with Crippen LogP contribution in [0.25, 0.3) is 0 Å². The van der Waals surface area contributed by atoms with Crippen LogP contribution in [-0.2, 0) is 47.4 Å². The number of methoxy groups -OCH3 is 1. The molecule has 15 nitrogen and oxygen atoms in total. The van der Waals surface area contributed by atoms with Crippen LogP contribution in [0.4, 0.5) is 4.79 Å². The maximum absolute atomic E-state index is 11.8. The van der Waals surface area contributed by atoms with E-state index in [-0.39, 0.29) is 0 Å². The van der Waals surface area contributed by atoms with Gasteiger partial charge in [0.25, 0.3) is 0 Å². The highest BCUT2D eigenvalue weighted by Crippen LogP contribution is 2.36. The summed E-state index contributed by atoms with van der Waals surface area (Å²) in [6.45, 7) is 17.4. The molecule has 0 aliphatic carbocycles. The van der Waals surface area contributed by atoms with E-state index in [4.69, 9.17) is 56.8 Å². The number of amides is 1. The number of alkyl carbamates (subject to hydrolysis) is 1. The third kappa shape index (κ3) is 23.6. The lowest BCUT2D eigenvalue weighted by Crippen LogP contribution is -2.34. The van der Waals surface area contributed by atoms with E-state index < -0.39 is 17.7 Å². The molecular formula is C39H60BrNO14. The molecule has 0 aromatic heterocycles. The van der Waals surface area contributed by atoms with Crippen LogP contribution in [0.2, 0.25) is 0 Å². The molecule has 0 heterocycles. The highest BCUT2D eigenvalue weighted by atomic mass is 79.9. The van der Waals surface area contributed by atoms with Crippen molar-refractivity contribution in [2.75, 3.05) is 126 Å². The van der Waals surface area contributed by atoms with Gasteiger partial charge in [0.15, 0.2) is 0 Å². The van der Waals surface area contributed by atoms with Gasteiger partial charge in [-0.15, -0.1) is 0 Å². The van der Waals surface area contributed by atoms with Gasteiger partial charge in [0.2, 0.25) is 0 Å². The fourth-order valence-corrected chi connectivity index (χ4v) is 4.95. The molecule has 0 aliphatic heterocycles. The quantitative estimate of drug-likeness (QED) is 0.0730. The van der Waals surface area contributed by atoms with Gasteiger partial charge in [-0.05, 0) is 92.0 Å². The third-order valence-electron chi connectivity index (χ3n) is 7.01. The molecule has 0 saturated heterocycles. The predicted octanol–water partition coefficient (Wildman–Crippen LogP) is 5.68. The van der Waals surface area contributed by atoms with Gasteiger partial charge in [0, 0.05) is 6.54 Å². The number of benzene rings is 2. The SMILES string of the molecule is COC(=O)c1ccc(Oc2c(C)cc(OCCOCCOCCOCCOCCOCCOCCOCCOCCNC(=O)OC(C)(C)C)cc2C)c(Br)c1. The van der Waals surface area contributed by atoms with Crippen molar-refractivity contribution < 1.29 is 66.4 Å². The van der Waals surface area contributed by atoms with Crippen LogP contribution in [0.3, 0.4) is 0 Å². The van der Waals surface area contributed by atoms with E-state index in [1.54, 1.807) is 18.2 Å². The molecule has 0 saturated carbocycles. The van der Waals surface area contributed by atoms with Crippen LogP contribution >= 0.6 is 15.9 Å². The standard InChI is InChI=1S/C39H60BrNO14/c1-30-27-33(28-31(2)36(30)54-35-8-7-32(29-34(35)40)37(42)44-6)53-26-25-52-24-23-51-22-21-50-20-19-49-18-17-48-16-15-47-14-13-46-12-11-45-10-9-41-38(43)55-39(3,4)5/h7-8,27-29H,9-26H2,1-6H3,(H,41,43). The Morgan fingerprint density at radius 1 is 0.618 bits per heavy atom. The molecule has 2 rings (SSSR count). The monoisotopic (exact) mass is 845 g/mol. The topological polar surface area (TPSA) is 157 Å². The molecule has 0 unspecified atom stereocenters. The Morgan fingerprint density at radius 3 is 1.44 bits per heavy atom. The fourth-order valence-electron chi connectivity index (χ4n) is 4.49. The molecular weight excluding hydrogens is 786 g/mol. The van der Waals surface area contributed by atoms with Crippen molar-refractivity contribution >= 4 is 28.0 Å². The van der Waals surface area contributed by atoms with Gasteiger partial charge in [0.1, 0.15) is 29.5 Å². The summed E-state index contributed by atoms with van der Waals surface area (Å²) < 4.78 is 66.6. The highest BCUT2D eigenvalue weighted by molar-refractivity contribution is 9.10. The van der Waals surface area contributed by atoms with Crippen LogP contribution < -0.4 is 14.8 Å². The summed E-state index contributed by atoms with van der Waals surface area (Å²) in [5.74, 6) is 1.62. The van der Waals surface area contributed by atoms with Gasteiger partial charge >= 0.3 is 12.1 Å². The molecule has 0 bridgehead atoms. The number of hydrogen-bond acceptors (Lipinski definition) is 14. The first-order valence-corrected chi connectivity index (χ1v) is 19.2. The van der Waals surface area contributed by atoms with Crippen LogP contribution in [-0.4, -0.2) is 144 Å². The zero-order valence-electron chi connectivity index (χ0n) is 33.2. The Labute approximate surface area is 333 Å². The molecule has 312 valence electrons. The second kappa shape index (κ2) is 29.2. The van der Waals surface area contributed by atoms with E-state index in [2.05, 4.69) is 21.2 Å². The summed E-state index contributed by atoms with van der Waals surface area (Å²) >= 11 is 3.47. The van der Waals surface area contributed by atoms with E-state index in [1.165, 1.54) is 7.11 Å². The van der Waals surface area contributed by atoms with Gasteiger partial charge in [0.05, 0.1) is 123 Å². The Morgan fingerprint density at radius 2 is 1.04 bits per heavy atom. The lowest BCUT2D eigenvalue weighted by molar-refractivity contribution is -0.0235. The summed E-state index contributed by atoms with van der Waals surface area (Å²) in [7, 11) is 1.34. The number of carbonyl (C=O) groups excluding carboxylic acids is 2. The van der Waals surface area contributed by atoms with Crippen LogP contribution in [0, 0.1) is 13.8 Å². The second-order valence-corrected chi connectivity index (χ2v) is 13.7. The number of hydrogen-bond donors (Lipinski definition) is 1. The van der Waals surface area contributed by atoms with E-state index in [9.17, 15) is 9.59 Å². The maximum Gasteiger partial charge on any atom is 0.407 e. The average molecular weight is 847 g/mol. The van der Waals surface area contributed by atoms with Crippen molar-refractivity contribution in [3.63, 3.8) is 0 Å². The largest absolute Gasteiger partial charge is 0.491 e. The Balaban J connectivity index is 1.32. The Kier molecular flexibility index (Phi) is 25.5. The van der Waals surface area contributed by atoms with Gasteiger partial charge in [-0.3, -0.25) is 0 Å². The van der Waals surface area contributed by atoms with E-state index in [1.807, 2.05) is 46.8 Å². The van der Waals surface area contributed by atoms with Crippen LogP contribution in [0.1, 0.15) is 42.3 Å². The Hall–Kier alpha value is -3.06. The summed E-state index contributed by atoms with van der Waals surface area (Å²) in [6, 6.07) is 8.88. The summed E-state index contributed by atoms with van der Waals surface area (Å²) in [5, 5.41) is 2.63. The molecule has 0 aliphatic rings. The molecule has 0 fully saturated rings. The van der Waals surface area contributed by atoms with Crippen molar-refractivity contribution in [2.45, 2.75) is 40.2 Å². The van der Waals surface area contributed by atoms with Gasteiger partial charge in [-0.2, -0.15) is 0 Å². The average Bonchev–Trinajstić information content (AvgIpc) is 3.13. The molecule has 0 spiro atoms. The summed E-state index contributed by atoms with van der Waals surface area (Å²) in [5.41, 5.74) is 1.74. The first kappa shape index (κ1) is 48.1. The van der Waals surface area contributed by atoms with E-state index in [0.29, 0.717) is 135 Å². The van der Waals surface area contributed by atoms with Crippen molar-refractivity contribution in [2.24, 2.45) is 0 Å². The maximum atomic E-state index is 11.8. The molecule has 0 atom stereocenters. The van der Waals surface area contributed by atoms with E-state index >= 15 is 0 Å². The predicted molar refractivity (Wildman–Crippen MR) is 208 cm³/mol. The number of aryl methyl sites for hydroxylation is 2. The lowest BCUT2D eigenvalue weighted by Gasteiger charge is -2.19. The molecule has 0 radical (unpaired) electrons. The first-order chi connectivity index (χ1) is 26.5. The zero-order valence-corrected chi connectivity index (χ0v) is 34.8. The second-order valence-electron chi connectivity index (χ2n) is 12.8. The number of halogens is 1. The van der Waals surface area contributed by atoms with Gasteiger partial charge in [-0.25, -0.2) is 9.59 Å². The van der Waals surface area contributed by atoms with E-state index in [0.717, 1.165) is 22.6 Å². The van der Waals surface area contributed by atoms with Crippen molar-refractivity contribution in [1.29, 1.82) is 0 Å². The van der Waals surface area contributed by atoms with Gasteiger partial charge in [-0.1, -0.05) is 0 Å². The molecule has 2 aromatic rings. The van der Waals surface area contributed by atoms with Gasteiger partial charge < -0.3 is 62.2 Å². The molecule has 1 amide bonds. The fraction of sp³-hybridized carbons (Fsp3) is 0.641. The highest BCUT2D eigenvalue weighted by Gasteiger charge is 2.16. The number of carbonyl (C=O) groups is 2. The molecule has 16 heteroatoms. The Bertz CT molecular complexity index is 1330. The summed E-state index contributed by atoms with van der Waals surface area (Å²) in [4.78, 5) is 23.3. The van der Waals surface area contributed by atoms with Crippen LogP contribution in [0.15, 0.2) is 34.8 Å². The number of rotatable bonds is 31. The first-order valence-electron chi connectivity index (χ1n) is 18.4. The number of esters is 1. The third-order valence-corrected chi connectivity index (χ3v) is 7.63. The zero-order chi connectivity index (χ0) is 40.2. The molecule has 55 heavy (non-hydrogen) atoms. The molecule has 2 aromatic carbocycles. The molecule has 1 N–H and O–H groups in total. The summed E-state index contributed by atoms with van der Waals surface area (Å²) in [6.07, 6.45) is -0.457. The van der Waals surface area contributed by atoms with Crippen molar-refractivity contribution in [1.82, 2.24) is 5.32 Å². The lowest BCUT2D eigenvalue weighted by atomic mass is 10.1. The smallest absolute Gasteiger partial charge is 0.407 e. The minimum absolute atomic E-state index is 0.376. The van der Waals surface area contributed by atoms with Crippen molar-refractivity contribution in [3.05, 3.63) is 51.5 Å². The van der Waals surface area contributed by atoms with Crippen molar-refractivity contribution in [3.8, 4) is 17.2 Å². The number of ether oxygens (including phenoxy) is 12. The number of nitrogens with one attached hydrogen (secondary N) is 1. The van der Waals surface area contributed by atoms with Crippen LogP contribution in [0.5, 0.6) is 17.2 Å². The minimum atomic E-state index is -0.518. The minimum Gasteiger partial charge on any atom is -0.491 e.